The van der Waals surface area contributed by atoms with Crippen LogP contribution < -0.4 is 31.5 Å². The van der Waals surface area contributed by atoms with Crippen LogP contribution in [0.2, 0.25) is 5.02 Å². The number of carbonyl (C=O) groups is 4. The maximum atomic E-state index is 14.0. The van der Waals surface area contributed by atoms with Gasteiger partial charge < -0.3 is 30.6 Å². The number of aromatic hydroxyl groups is 2. The third-order valence-corrected chi connectivity index (χ3v) is 10.2. The largest absolute Gasteiger partial charge is 0.502 e. The Kier molecular flexibility index (Phi) is 9.84. The van der Waals surface area contributed by atoms with Gasteiger partial charge in [0.05, 0.1) is 16.4 Å². The van der Waals surface area contributed by atoms with Crippen LogP contribution in [0.15, 0.2) is 39.9 Å². The summed E-state index contributed by atoms with van der Waals surface area (Å²) in [4.78, 5) is 78.1. The van der Waals surface area contributed by atoms with Gasteiger partial charge >= 0.3 is 0 Å². The number of amides is 4. The molecule has 2 aromatic carbocycles. The molecule has 16 nitrogen and oxygen atoms in total. The molecule has 4 N–H and O–H groups in total. The van der Waals surface area contributed by atoms with E-state index < -0.39 is 81.4 Å². The smallest absolute Gasteiger partial charge is 0.277 e. The van der Waals surface area contributed by atoms with Crippen LogP contribution >= 0.6 is 11.6 Å². The minimum Gasteiger partial charge on any atom is -0.502 e. The van der Waals surface area contributed by atoms with Crippen LogP contribution in [0, 0.1) is 23.3 Å². The lowest BCUT2D eigenvalue weighted by atomic mass is 10.1. The topological polar surface area (TPSA) is 190 Å². The quantitative estimate of drug-likeness (QED) is 0.163. The van der Waals surface area contributed by atoms with E-state index in [-0.39, 0.29) is 65.1 Å². The maximum absolute atomic E-state index is 14.0. The maximum Gasteiger partial charge on any atom is 0.277 e. The zero-order valence-electron chi connectivity index (χ0n) is 30.0. The molecule has 0 radical (unpaired) electrons. The molecule has 2 aromatic heterocycles. The van der Waals surface area contributed by atoms with Crippen LogP contribution in [-0.4, -0.2) is 93.5 Å². The first-order valence-electron chi connectivity index (χ1n) is 17.2. The summed E-state index contributed by atoms with van der Waals surface area (Å²) in [5, 5.41) is 28.5. The molecule has 0 unspecified atom stereocenters. The Hall–Kier alpha value is -6.57. The molecule has 0 atom stereocenters. The van der Waals surface area contributed by atoms with Gasteiger partial charge in [0.15, 0.2) is 22.9 Å². The van der Waals surface area contributed by atoms with Gasteiger partial charge in [0.2, 0.25) is 10.9 Å². The number of pyridine rings is 2. The van der Waals surface area contributed by atoms with E-state index in [0.717, 1.165) is 18.2 Å². The van der Waals surface area contributed by atoms with E-state index in [2.05, 4.69) is 10.6 Å². The molecule has 57 heavy (non-hydrogen) atoms. The van der Waals surface area contributed by atoms with Gasteiger partial charge in [-0.2, -0.15) is 0 Å². The Balaban J connectivity index is 0.000000174. The number of benzene rings is 2. The summed E-state index contributed by atoms with van der Waals surface area (Å²) in [6.45, 7) is 0.539. The van der Waals surface area contributed by atoms with E-state index in [0.29, 0.717) is 31.3 Å². The first-order chi connectivity index (χ1) is 27.0. The summed E-state index contributed by atoms with van der Waals surface area (Å²) >= 11 is 5.64. The van der Waals surface area contributed by atoms with Crippen molar-refractivity contribution in [1.29, 1.82) is 0 Å². The van der Waals surface area contributed by atoms with Crippen LogP contribution in [-0.2, 0) is 25.9 Å². The van der Waals surface area contributed by atoms with Crippen molar-refractivity contribution < 1.29 is 47.0 Å². The second kappa shape index (κ2) is 14.5. The van der Waals surface area contributed by atoms with Crippen molar-refractivity contribution in [2.75, 3.05) is 50.5 Å². The Morgan fingerprint density at radius 3 is 1.70 bits per heavy atom. The van der Waals surface area contributed by atoms with E-state index in [1.807, 2.05) is 0 Å². The summed E-state index contributed by atoms with van der Waals surface area (Å²) in [7, 11) is 3.08. The molecule has 0 fully saturated rings. The number of nitrogens with zero attached hydrogens (tertiary/aromatic N) is 6. The van der Waals surface area contributed by atoms with Gasteiger partial charge in [0.1, 0.15) is 47.7 Å². The highest BCUT2D eigenvalue weighted by atomic mass is 35.5. The van der Waals surface area contributed by atoms with E-state index in [1.165, 1.54) is 32.3 Å². The molecule has 4 aliphatic rings. The molecule has 298 valence electrons. The Labute approximate surface area is 323 Å². The fourth-order valence-electron chi connectivity index (χ4n) is 7.17. The Morgan fingerprint density at radius 1 is 0.719 bits per heavy atom. The van der Waals surface area contributed by atoms with Gasteiger partial charge in [-0.05, 0) is 18.2 Å². The van der Waals surface area contributed by atoms with Crippen molar-refractivity contribution in [2.45, 2.75) is 25.9 Å². The molecule has 0 saturated carbocycles. The van der Waals surface area contributed by atoms with Crippen molar-refractivity contribution in [2.24, 2.45) is 0 Å². The van der Waals surface area contributed by atoms with Gasteiger partial charge in [-0.15, -0.1) is 0 Å². The number of halogens is 5. The highest BCUT2D eigenvalue weighted by Crippen LogP contribution is 2.29. The van der Waals surface area contributed by atoms with Crippen molar-refractivity contribution in [3.8, 4) is 11.5 Å². The molecule has 4 amide bonds. The van der Waals surface area contributed by atoms with Crippen molar-refractivity contribution in [3.05, 3.63) is 124 Å². The minimum atomic E-state index is -1.01. The van der Waals surface area contributed by atoms with Gasteiger partial charge in [-0.1, -0.05) is 17.7 Å². The average molecular weight is 815 g/mol. The van der Waals surface area contributed by atoms with Crippen molar-refractivity contribution in [3.63, 3.8) is 0 Å². The average Bonchev–Trinajstić information content (AvgIpc) is 3.77. The molecular weight excluding hydrogens is 784 g/mol. The second-order valence-electron chi connectivity index (χ2n) is 13.5. The predicted molar refractivity (Wildman–Crippen MR) is 192 cm³/mol. The number of aromatic nitrogens is 2. The van der Waals surface area contributed by atoms with Gasteiger partial charge in [-0.25, -0.2) is 17.6 Å². The van der Waals surface area contributed by atoms with E-state index in [9.17, 15) is 56.5 Å². The molecule has 4 aliphatic heterocycles. The molecule has 6 heterocycles. The molecule has 0 bridgehead atoms. The Morgan fingerprint density at radius 2 is 1.21 bits per heavy atom. The van der Waals surface area contributed by atoms with Gasteiger partial charge in [0, 0.05) is 70.3 Å². The molecular formula is C36H31ClF4N8O8. The summed E-state index contributed by atoms with van der Waals surface area (Å²) in [5.41, 5.74) is -2.84. The van der Waals surface area contributed by atoms with Crippen molar-refractivity contribution >= 4 is 35.2 Å². The normalized spacial score (nSPS) is 15.0. The Bertz CT molecular complexity index is 2570. The molecule has 0 spiro atoms. The van der Waals surface area contributed by atoms with Crippen LogP contribution in [0.4, 0.5) is 17.6 Å². The highest BCUT2D eigenvalue weighted by molar-refractivity contribution is 6.30. The third-order valence-electron chi connectivity index (χ3n) is 9.95. The standard InChI is InChI=1S/C18H15ClF2N4O4.C18H16F2N4O4/c1-23-7-24-5-4-11-12(15(26)16(27)14(18(23)29)25(11)24)17(28)22-6-8-10(20)3-2-9(19)13(8)21;1-22-8-23-5-4-12-13(15(25)16(26)14(18(22)28)24(12)23)17(27)21-7-9-2-3-10(19)6-11(9)20/h2-3,27H,4-7H2,1H3,(H,22,28);2-3,6,26H,4-5,7-8H2,1H3,(H,21,27). The molecule has 8 rings (SSSR count). The number of rotatable bonds is 6. The summed E-state index contributed by atoms with van der Waals surface area (Å²) in [6.07, 6.45) is 0.615. The first-order valence-corrected chi connectivity index (χ1v) is 17.5. The molecule has 4 aromatic rings. The van der Waals surface area contributed by atoms with Crippen LogP contribution in [0.1, 0.15) is 64.2 Å². The predicted octanol–water partition coefficient (Wildman–Crippen LogP) is 1.25. The monoisotopic (exact) mass is 814 g/mol. The molecule has 0 saturated heterocycles. The lowest BCUT2D eigenvalue weighted by Gasteiger charge is -2.35. The van der Waals surface area contributed by atoms with E-state index in [1.54, 1.807) is 17.1 Å². The van der Waals surface area contributed by atoms with Gasteiger partial charge in [-0.3, -0.25) is 48.1 Å². The zero-order chi connectivity index (χ0) is 41.2. The van der Waals surface area contributed by atoms with E-state index in [4.69, 9.17) is 11.6 Å². The lowest BCUT2D eigenvalue weighted by Crippen LogP contribution is -2.51. The van der Waals surface area contributed by atoms with Crippen LogP contribution in [0.3, 0.4) is 0 Å². The molecule has 21 heteroatoms. The third kappa shape index (κ3) is 6.44. The number of hydrogen-bond donors (Lipinski definition) is 4. The number of carbonyl (C=O) groups excluding carboxylic acids is 4. The van der Waals surface area contributed by atoms with Crippen molar-refractivity contribution in [1.82, 2.24) is 29.8 Å². The summed E-state index contributed by atoms with van der Waals surface area (Å²) < 4.78 is 57.4. The zero-order valence-corrected chi connectivity index (χ0v) is 30.7. The van der Waals surface area contributed by atoms with Gasteiger partial charge in [0.25, 0.3) is 23.6 Å². The fourth-order valence-corrected chi connectivity index (χ4v) is 7.35. The van der Waals surface area contributed by atoms with Crippen LogP contribution in [0.5, 0.6) is 11.5 Å². The number of nitrogens with one attached hydrogen (secondary N) is 2. The summed E-state index contributed by atoms with van der Waals surface area (Å²) in [6, 6.07) is 4.96. The summed E-state index contributed by atoms with van der Waals surface area (Å²) in [5.74, 6) is -7.91. The number of hydrogen-bond acceptors (Lipinski definition) is 10. The SMILES string of the molecule is CN1CN2CCc3c(C(=O)NCc4c(F)ccc(Cl)c4F)c(=O)c(O)c(n32)C1=O.CN1CN2CCc3c(C(=O)NCc4ccc(F)cc4F)c(=O)c(O)c(n32)C1=O. The second-order valence-corrected chi connectivity index (χ2v) is 13.9. The first kappa shape index (κ1) is 38.7. The fraction of sp³-hybridized carbons (Fsp3) is 0.278. The highest BCUT2D eigenvalue weighted by Gasteiger charge is 2.40. The molecule has 0 aliphatic carbocycles. The lowest BCUT2D eigenvalue weighted by molar-refractivity contribution is 0.0731. The van der Waals surface area contributed by atoms with E-state index >= 15 is 0 Å². The van der Waals surface area contributed by atoms with Crippen LogP contribution in [0.25, 0.3) is 0 Å². The minimum absolute atomic E-state index is 0.0480.